The van der Waals surface area contributed by atoms with Crippen molar-refractivity contribution >= 4 is 28.0 Å². The lowest BCUT2D eigenvalue weighted by molar-refractivity contribution is -0.131. The monoisotopic (exact) mass is 390 g/mol. The minimum Gasteiger partial charge on any atom is -0.490 e. The normalized spacial score (nSPS) is 10.8. The first-order valence-corrected chi connectivity index (χ1v) is 8.28. The van der Waals surface area contributed by atoms with Crippen LogP contribution >= 0.6 is 15.9 Å². The highest BCUT2D eigenvalue weighted by atomic mass is 79.9. The molecule has 0 saturated heterocycles. The Morgan fingerprint density at radius 3 is 2.50 bits per heavy atom. The van der Waals surface area contributed by atoms with Crippen molar-refractivity contribution in [2.45, 2.75) is 13.8 Å². The van der Waals surface area contributed by atoms with E-state index in [1.165, 1.54) is 17.2 Å². The molecule has 4 nitrogen and oxygen atoms in total. The minimum absolute atomic E-state index is 0.413. The van der Waals surface area contributed by atoms with E-state index in [9.17, 15) is 4.79 Å². The van der Waals surface area contributed by atoms with Crippen LogP contribution in [0.15, 0.2) is 46.9 Å². The minimum atomic E-state index is -0.977. The maximum Gasteiger partial charge on any atom is 0.328 e. The third-order valence-electron chi connectivity index (χ3n) is 3.46. The average Bonchev–Trinajstić information content (AvgIpc) is 2.54. The van der Waals surface area contributed by atoms with E-state index < -0.39 is 5.97 Å². The van der Waals surface area contributed by atoms with Gasteiger partial charge in [-0.3, -0.25) is 0 Å². The Hall–Kier alpha value is -2.27. The summed E-state index contributed by atoms with van der Waals surface area (Å²) in [6, 6.07) is 11.4. The van der Waals surface area contributed by atoms with Crippen LogP contribution in [0.5, 0.6) is 11.5 Å². The number of carboxylic acids is 1. The number of benzene rings is 2. The summed E-state index contributed by atoms with van der Waals surface area (Å²) in [6.07, 6.45) is 2.62. The Bertz CT molecular complexity index is 753. The highest BCUT2D eigenvalue weighted by Crippen LogP contribution is 2.26. The molecule has 0 aromatic heterocycles. The molecule has 2 aromatic carbocycles. The van der Waals surface area contributed by atoms with Crippen LogP contribution in [-0.2, 0) is 4.79 Å². The second kappa shape index (κ2) is 8.55. The molecular formula is C19H19BrO4. The zero-order chi connectivity index (χ0) is 17.5. The van der Waals surface area contributed by atoms with Crippen molar-refractivity contribution in [3.8, 4) is 11.5 Å². The number of rotatable bonds is 7. The van der Waals surface area contributed by atoms with E-state index in [1.54, 1.807) is 18.2 Å². The molecule has 0 atom stereocenters. The van der Waals surface area contributed by atoms with Gasteiger partial charge in [-0.1, -0.05) is 12.1 Å². The Morgan fingerprint density at radius 2 is 1.83 bits per heavy atom. The molecule has 0 aliphatic heterocycles. The Balaban J connectivity index is 1.85. The van der Waals surface area contributed by atoms with Gasteiger partial charge in [-0.15, -0.1) is 0 Å². The van der Waals surface area contributed by atoms with E-state index in [1.807, 2.05) is 18.2 Å². The van der Waals surface area contributed by atoms with Crippen molar-refractivity contribution in [3.05, 3.63) is 63.6 Å². The molecule has 0 unspecified atom stereocenters. The lowest BCUT2D eigenvalue weighted by Crippen LogP contribution is -2.09. The topological polar surface area (TPSA) is 55.8 Å². The van der Waals surface area contributed by atoms with Crippen LogP contribution in [0.1, 0.15) is 16.7 Å². The summed E-state index contributed by atoms with van der Waals surface area (Å²) in [5, 5.41) is 8.63. The molecule has 0 aliphatic carbocycles. The van der Waals surface area contributed by atoms with Gasteiger partial charge in [-0.25, -0.2) is 4.79 Å². The summed E-state index contributed by atoms with van der Waals surface area (Å²) in [6.45, 7) is 4.97. The first-order chi connectivity index (χ1) is 11.5. The van der Waals surface area contributed by atoms with Gasteiger partial charge in [0.1, 0.15) is 24.7 Å². The molecule has 0 spiro atoms. The first kappa shape index (κ1) is 18.1. The molecule has 0 saturated carbocycles. The summed E-state index contributed by atoms with van der Waals surface area (Å²) in [5.41, 5.74) is 3.21. The van der Waals surface area contributed by atoms with E-state index in [-0.39, 0.29) is 0 Å². The number of hydrogen-bond acceptors (Lipinski definition) is 3. The van der Waals surface area contributed by atoms with Crippen LogP contribution in [-0.4, -0.2) is 24.3 Å². The highest BCUT2D eigenvalue weighted by molar-refractivity contribution is 9.10. The summed E-state index contributed by atoms with van der Waals surface area (Å²) in [7, 11) is 0. The van der Waals surface area contributed by atoms with Crippen molar-refractivity contribution in [3.63, 3.8) is 0 Å². The molecular weight excluding hydrogens is 372 g/mol. The molecule has 0 bridgehead atoms. The lowest BCUT2D eigenvalue weighted by atomic mass is 10.1. The van der Waals surface area contributed by atoms with Crippen molar-refractivity contribution < 1.29 is 19.4 Å². The number of ether oxygens (including phenoxy) is 2. The number of hydrogen-bond donors (Lipinski definition) is 1. The molecule has 2 rings (SSSR count). The zero-order valence-electron chi connectivity index (χ0n) is 13.6. The number of aryl methyl sites for hydroxylation is 2. The third-order valence-corrected chi connectivity index (χ3v) is 4.08. The summed E-state index contributed by atoms with van der Waals surface area (Å²) in [5.74, 6) is 0.538. The van der Waals surface area contributed by atoms with Crippen LogP contribution in [0.3, 0.4) is 0 Å². The smallest absolute Gasteiger partial charge is 0.328 e. The summed E-state index contributed by atoms with van der Waals surface area (Å²) < 4.78 is 12.1. The van der Waals surface area contributed by atoms with Gasteiger partial charge in [0.25, 0.3) is 0 Å². The fourth-order valence-electron chi connectivity index (χ4n) is 2.02. The Kier molecular flexibility index (Phi) is 6.44. The van der Waals surface area contributed by atoms with E-state index in [0.29, 0.717) is 19.0 Å². The molecule has 0 fully saturated rings. The van der Waals surface area contributed by atoms with E-state index >= 15 is 0 Å². The molecule has 0 amide bonds. The number of halogens is 1. The fraction of sp³-hybridized carbons (Fsp3) is 0.211. The predicted octanol–water partition coefficient (Wildman–Crippen LogP) is 4.62. The quantitative estimate of drug-likeness (QED) is 0.553. The largest absolute Gasteiger partial charge is 0.490 e. The van der Waals surface area contributed by atoms with Crippen LogP contribution in [0.4, 0.5) is 0 Å². The van der Waals surface area contributed by atoms with E-state index in [0.717, 1.165) is 21.9 Å². The second-order valence-electron chi connectivity index (χ2n) is 5.30. The van der Waals surface area contributed by atoms with E-state index in [2.05, 4.69) is 29.8 Å². The average molecular weight is 391 g/mol. The maximum atomic E-state index is 10.5. The Morgan fingerprint density at radius 1 is 1.08 bits per heavy atom. The first-order valence-electron chi connectivity index (χ1n) is 7.49. The lowest BCUT2D eigenvalue weighted by Gasteiger charge is -2.11. The molecule has 0 aliphatic rings. The van der Waals surface area contributed by atoms with Crippen molar-refractivity contribution in [2.24, 2.45) is 0 Å². The molecule has 2 aromatic rings. The third kappa shape index (κ3) is 5.42. The van der Waals surface area contributed by atoms with Crippen LogP contribution in [0.2, 0.25) is 0 Å². The molecule has 24 heavy (non-hydrogen) atoms. The fourth-order valence-corrected chi connectivity index (χ4v) is 2.53. The molecule has 5 heteroatoms. The molecule has 126 valence electrons. The van der Waals surface area contributed by atoms with Gasteiger partial charge in [0.05, 0.1) is 4.47 Å². The van der Waals surface area contributed by atoms with Gasteiger partial charge in [0, 0.05) is 6.08 Å². The van der Waals surface area contributed by atoms with Crippen molar-refractivity contribution in [1.29, 1.82) is 0 Å². The van der Waals surface area contributed by atoms with Crippen molar-refractivity contribution in [1.82, 2.24) is 0 Å². The van der Waals surface area contributed by atoms with Crippen molar-refractivity contribution in [2.75, 3.05) is 13.2 Å². The van der Waals surface area contributed by atoms with Gasteiger partial charge in [-0.05, 0) is 76.8 Å². The SMILES string of the molecule is Cc1ccc(OCCOc2ccc(C=CC(=O)O)cc2Br)cc1C. The zero-order valence-corrected chi connectivity index (χ0v) is 15.2. The van der Waals surface area contributed by atoms with Gasteiger partial charge in [0.15, 0.2) is 0 Å². The summed E-state index contributed by atoms with van der Waals surface area (Å²) in [4.78, 5) is 10.5. The van der Waals surface area contributed by atoms with Crippen LogP contribution in [0.25, 0.3) is 6.08 Å². The molecule has 1 N–H and O–H groups in total. The molecule has 0 radical (unpaired) electrons. The van der Waals surface area contributed by atoms with Gasteiger partial charge < -0.3 is 14.6 Å². The number of carboxylic acid groups (broad SMARTS) is 1. The van der Waals surface area contributed by atoms with Gasteiger partial charge in [-0.2, -0.15) is 0 Å². The van der Waals surface area contributed by atoms with Gasteiger partial charge >= 0.3 is 5.97 Å². The van der Waals surface area contributed by atoms with Crippen LogP contribution < -0.4 is 9.47 Å². The standard InChI is InChI=1S/C19H19BrO4/c1-13-3-6-16(11-14(13)2)23-9-10-24-18-7-4-15(12-17(18)20)5-8-19(21)22/h3-8,11-12H,9-10H2,1-2H3,(H,21,22). The number of aliphatic carboxylic acids is 1. The van der Waals surface area contributed by atoms with E-state index in [4.69, 9.17) is 14.6 Å². The number of carbonyl (C=O) groups is 1. The van der Waals surface area contributed by atoms with Gasteiger partial charge in [0.2, 0.25) is 0 Å². The second-order valence-corrected chi connectivity index (χ2v) is 6.16. The highest BCUT2D eigenvalue weighted by Gasteiger charge is 2.03. The maximum absolute atomic E-state index is 10.5. The predicted molar refractivity (Wildman–Crippen MR) is 97.7 cm³/mol. The Labute approximate surface area is 149 Å². The van der Waals surface area contributed by atoms with Crippen LogP contribution in [0, 0.1) is 13.8 Å². The summed E-state index contributed by atoms with van der Waals surface area (Å²) >= 11 is 3.42. The molecule has 0 heterocycles.